The van der Waals surface area contributed by atoms with E-state index in [0.29, 0.717) is 16.1 Å². The van der Waals surface area contributed by atoms with Crippen LogP contribution >= 0.6 is 35.6 Å². The standard InChI is InChI=1S/C14H13Cl2N3O3S.ClH/c15-10-2-8(1-9(3-10)7-23(21)22)5-19-6-11(16)4-12(13(19)17)14(18)20;/h1-4,6,17,23H,5,7H2,(H2,18,20);1H. The van der Waals surface area contributed by atoms with Gasteiger partial charge in [-0.3, -0.25) is 10.2 Å². The summed E-state index contributed by atoms with van der Waals surface area (Å²) in [7, 11) is -2.57. The van der Waals surface area contributed by atoms with Crippen molar-refractivity contribution in [3.05, 3.63) is 62.7 Å². The molecule has 0 atom stereocenters. The molecule has 1 heterocycles. The molecule has 10 heteroatoms. The van der Waals surface area contributed by atoms with Crippen molar-refractivity contribution in [3.8, 4) is 0 Å². The summed E-state index contributed by atoms with van der Waals surface area (Å²) in [6, 6.07) is 6.22. The molecule has 2 rings (SSSR count). The fourth-order valence-corrected chi connectivity index (χ4v) is 3.16. The van der Waals surface area contributed by atoms with Crippen LogP contribution in [0.2, 0.25) is 10.0 Å². The highest BCUT2D eigenvalue weighted by molar-refractivity contribution is 7.71. The first-order valence-electron chi connectivity index (χ1n) is 6.41. The van der Waals surface area contributed by atoms with Gasteiger partial charge in [-0.15, -0.1) is 12.4 Å². The molecule has 0 saturated heterocycles. The fourth-order valence-electron chi connectivity index (χ4n) is 2.17. The highest BCUT2D eigenvalue weighted by atomic mass is 35.5. The molecule has 0 spiro atoms. The first-order valence-corrected chi connectivity index (χ1v) is 8.52. The summed E-state index contributed by atoms with van der Waals surface area (Å²) in [5, 5.41) is 8.67. The number of carbonyl (C=O) groups is 1. The van der Waals surface area contributed by atoms with Gasteiger partial charge in [-0.2, -0.15) is 0 Å². The number of hydrogen-bond donors (Lipinski definition) is 3. The van der Waals surface area contributed by atoms with Gasteiger partial charge in [0, 0.05) is 17.8 Å². The van der Waals surface area contributed by atoms with Gasteiger partial charge in [0.05, 0.1) is 16.3 Å². The third-order valence-corrected chi connectivity index (χ3v) is 4.10. The van der Waals surface area contributed by atoms with E-state index in [0.717, 1.165) is 0 Å². The maximum atomic E-state index is 11.3. The Bertz CT molecular complexity index is 902. The van der Waals surface area contributed by atoms with E-state index < -0.39 is 16.6 Å². The Hall–Kier alpha value is -1.54. The van der Waals surface area contributed by atoms with E-state index >= 15 is 0 Å². The normalized spacial score (nSPS) is 10.5. The van der Waals surface area contributed by atoms with Crippen molar-refractivity contribution in [1.29, 1.82) is 5.41 Å². The number of nitrogens with one attached hydrogen (secondary N) is 1. The third kappa shape index (κ3) is 5.24. The molecule has 1 aromatic heterocycles. The van der Waals surface area contributed by atoms with Crippen LogP contribution in [0.25, 0.3) is 0 Å². The number of nitrogens with two attached hydrogens (primary N) is 1. The number of halogens is 3. The number of aromatic nitrogens is 1. The van der Waals surface area contributed by atoms with Gasteiger partial charge >= 0.3 is 0 Å². The van der Waals surface area contributed by atoms with Crippen LogP contribution in [0.1, 0.15) is 21.5 Å². The minimum Gasteiger partial charge on any atom is -0.365 e. The first kappa shape index (κ1) is 20.5. The summed E-state index contributed by atoms with van der Waals surface area (Å²) in [5.41, 5.74) is 6.38. The average Bonchev–Trinajstić information content (AvgIpc) is 2.40. The van der Waals surface area contributed by atoms with Crippen molar-refractivity contribution in [2.45, 2.75) is 12.3 Å². The largest absolute Gasteiger partial charge is 0.365 e. The second kappa shape index (κ2) is 8.53. The van der Waals surface area contributed by atoms with E-state index in [4.69, 9.17) is 34.3 Å². The zero-order valence-electron chi connectivity index (χ0n) is 12.2. The average molecular weight is 411 g/mol. The van der Waals surface area contributed by atoms with Gasteiger partial charge in [-0.05, 0) is 29.3 Å². The molecule has 130 valence electrons. The Labute approximate surface area is 156 Å². The smallest absolute Gasteiger partial charge is 0.252 e. The number of hydrogen-bond acceptors (Lipinski definition) is 4. The van der Waals surface area contributed by atoms with Crippen molar-refractivity contribution in [1.82, 2.24) is 4.57 Å². The maximum absolute atomic E-state index is 11.3. The van der Waals surface area contributed by atoms with Crippen LogP contribution in [0.5, 0.6) is 0 Å². The number of nitrogens with zero attached hydrogens (tertiary/aromatic N) is 1. The van der Waals surface area contributed by atoms with Crippen LogP contribution in [-0.4, -0.2) is 18.9 Å². The van der Waals surface area contributed by atoms with Crippen molar-refractivity contribution in [3.63, 3.8) is 0 Å². The predicted molar refractivity (Wildman–Crippen MR) is 95.6 cm³/mol. The molecule has 0 aliphatic rings. The second-order valence-corrected chi connectivity index (χ2v) is 6.73. The Morgan fingerprint density at radius 2 is 1.75 bits per heavy atom. The molecule has 1 amide bonds. The molecule has 1 aromatic carbocycles. The molecule has 0 unspecified atom stereocenters. The Morgan fingerprint density at radius 1 is 1.12 bits per heavy atom. The number of carbonyl (C=O) groups excluding carboxylic acids is 1. The number of amides is 1. The van der Waals surface area contributed by atoms with Gasteiger partial charge in [0.25, 0.3) is 5.91 Å². The Kier molecular flexibility index (Phi) is 7.28. The molecular formula is C14H14Cl3N3O3S. The van der Waals surface area contributed by atoms with Crippen molar-refractivity contribution < 1.29 is 13.2 Å². The van der Waals surface area contributed by atoms with Crippen LogP contribution in [0.15, 0.2) is 30.5 Å². The summed E-state index contributed by atoms with van der Waals surface area (Å²) in [6.07, 6.45) is 1.49. The Morgan fingerprint density at radius 3 is 2.33 bits per heavy atom. The third-order valence-electron chi connectivity index (χ3n) is 3.05. The lowest BCUT2D eigenvalue weighted by molar-refractivity contribution is 0.0997. The van der Waals surface area contributed by atoms with E-state index in [1.54, 1.807) is 18.2 Å². The summed E-state index contributed by atoms with van der Waals surface area (Å²) >= 11 is 11.9. The molecule has 24 heavy (non-hydrogen) atoms. The topological polar surface area (TPSA) is 106 Å². The summed E-state index contributed by atoms with van der Waals surface area (Å²) < 4.78 is 23.2. The van der Waals surface area contributed by atoms with Crippen molar-refractivity contribution in [2.24, 2.45) is 5.73 Å². The molecule has 0 radical (unpaired) electrons. The van der Waals surface area contributed by atoms with Crippen LogP contribution in [0.3, 0.4) is 0 Å². The monoisotopic (exact) mass is 409 g/mol. The van der Waals surface area contributed by atoms with Gasteiger partial charge in [-0.25, -0.2) is 8.42 Å². The minimum atomic E-state index is -2.57. The minimum absolute atomic E-state index is 0. The van der Waals surface area contributed by atoms with Crippen molar-refractivity contribution >= 4 is 52.2 Å². The Balaban J connectivity index is 0.00000288. The highest BCUT2D eigenvalue weighted by Gasteiger charge is 2.09. The molecule has 0 saturated carbocycles. The van der Waals surface area contributed by atoms with E-state index in [2.05, 4.69) is 0 Å². The van der Waals surface area contributed by atoms with Gasteiger partial charge in [0.2, 0.25) is 0 Å². The van der Waals surface area contributed by atoms with Crippen LogP contribution in [0.4, 0.5) is 0 Å². The number of rotatable bonds is 5. The van der Waals surface area contributed by atoms with Gasteiger partial charge in [0.15, 0.2) is 0 Å². The first-order chi connectivity index (χ1) is 10.8. The summed E-state index contributed by atoms with van der Waals surface area (Å²) in [5.74, 6) is -0.870. The molecule has 6 nitrogen and oxygen atoms in total. The molecule has 3 N–H and O–H groups in total. The SMILES string of the molecule is Cl.N=c1c(C(N)=O)cc(Cl)cn1Cc1cc(Cl)cc(C[SH](=O)=O)c1. The summed E-state index contributed by atoms with van der Waals surface area (Å²) in [4.78, 5) is 11.3. The fraction of sp³-hybridized carbons (Fsp3) is 0.143. The zero-order chi connectivity index (χ0) is 17.1. The number of primary amides is 1. The highest BCUT2D eigenvalue weighted by Crippen LogP contribution is 2.17. The van der Waals surface area contributed by atoms with E-state index in [1.165, 1.54) is 16.8 Å². The molecule has 0 fully saturated rings. The lowest BCUT2D eigenvalue weighted by Crippen LogP contribution is -2.29. The molecule has 0 aliphatic heterocycles. The quantitative estimate of drug-likeness (QED) is 0.656. The predicted octanol–water partition coefficient (Wildman–Crippen LogP) is 1.95. The maximum Gasteiger partial charge on any atom is 0.252 e. The number of thiol groups is 1. The number of pyridine rings is 1. The van der Waals surface area contributed by atoms with Crippen LogP contribution in [0, 0.1) is 5.41 Å². The lowest BCUT2D eigenvalue weighted by Gasteiger charge is -2.11. The van der Waals surface area contributed by atoms with E-state index in [9.17, 15) is 13.2 Å². The van der Waals surface area contributed by atoms with Gasteiger partial charge in [0.1, 0.15) is 16.2 Å². The zero-order valence-corrected chi connectivity index (χ0v) is 15.4. The summed E-state index contributed by atoms with van der Waals surface area (Å²) in [6.45, 7) is 0.197. The molecule has 0 aliphatic carbocycles. The van der Waals surface area contributed by atoms with Crippen LogP contribution in [-0.2, 0) is 23.0 Å². The van der Waals surface area contributed by atoms with E-state index in [1.807, 2.05) is 0 Å². The van der Waals surface area contributed by atoms with Gasteiger partial charge < -0.3 is 10.3 Å². The molecular weight excluding hydrogens is 397 g/mol. The number of benzene rings is 1. The van der Waals surface area contributed by atoms with Gasteiger partial charge in [-0.1, -0.05) is 29.3 Å². The lowest BCUT2D eigenvalue weighted by atomic mass is 10.1. The second-order valence-electron chi connectivity index (χ2n) is 4.87. The molecule has 0 bridgehead atoms. The molecule has 2 aromatic rings. The van der Waals surface area contributed by atoms with Crippen molar-refractivity contribution in [2.75, 3.05) is 0 Å². The van der Waals surface area contributed by atoms with E-state index in [-0.39, 0.29) is 40.8 Å². The van der Waals surface area contributed by atoms with Crippen LogP contribution < -0.4 is 11.2 Å².